The van der Waals surface area contributed by atoms with E-state index in [0.29, 0.717) is 19.4 Å². The maximum atomic E-state index is 12.1. The molecule has 160 valence electrons. The van der Waals surface area contributed by atoms with E-state index >= 15 is 0 Å². The second-order valence-electron chi connectivity index (χ2n) is 8.40. The van der Waals surface area contributed by atoms with Crippen molar-refractivity contribution in [3.63, 3.8) is 0 Å². The number of nitrogens with one attached hydrogen (secondary N) is 3. The van der Waals surface area contributed by atoms with Gasteiger partial charge in [-0.05, 0) is 66.2 Å². The van der Waals surface area contributed by atoms with Gasteiger partial charge in [0.15, 0.2) is 0 Å². The van der Waals surface area contributed by atoms with Gasteiger partial charge in [-0.2, -0.15) is 0 Å². The van der Waals surface area contributed by atoms with Gasteiger partial charge in [0.1, 0.15) is 17.7 Å². The Balaban J connectivity index is 2.32. The number of carbonyl (C=O) groups excluding carboxylic acids is 3. The number of aliphatic carboxylic acids is 1. The monoisotopic (exact) mass is 399 g/mol. The van der Waals surface area contributed by atoms with Crippen molar-refractivity contribution in [1.29, 1.82) is 0 Å². The lowest BCUT2D eigenvalue weighted by atomic mass is 9.81. The summed E-state index contributed by atoms with van der Waals surface area (Å²) in [6.45, 7) is 8.74. The zero-order chi connectivity index (χ0) is 21.5. The molecule has 1 saturated carbocycles. The van der Waals surface area contributed by atoms with Crippen molar-refractivity contribution >= 4 is 23.9 Å². The van der Waals surface area contributed by atoms with Crippen LogP contribution in [-0.2, 0) is 19.1 Å². The Kier molecular flexibility index (Phi) is 8.71. The third-order valence-corrected chi connectivity index (χ3v) is 4.64. The van der Waals surface area contributed by atoms with E-state index in [1.165, 1.54) is 6.92 Å². The quantitative estimate of drug-likeness (QED) is 0.511. The Bertz CT molecular complexity index is 579. The van der Waals surface area contributed by atoms with Crippen LogP contribution in [-0.4, -0.2) is 53.2 Å². The minimum atomic E-state index is -1.06. The van der Waals surface area contributed by atoms with E-state index in [0.717, 1.165) is 12.8 Å². The van der Waals surface area contributed by atoms with Crippen LogP contribution in [0.1, 0.15) is 60.3 Å². The fourth-order valence-electron chi connectivity index (χ4n) is 2.97. The molecule has 0 spiro atoms. The average molecular weight is 399 g/mol. The first-order valence-electron chi connectivity index (χ1n) is 9.69. The summed E-state index contributed by atoms with van der Waals surface area (Å²) in [5.74, 6) is -1.52. The zero-order valence-electron chi connectivity index (χ0n) is 17.3. The van der Waals surface area contributed by atoms with Gasteiger partial charge < -0.3 is 25.8 Å². The van der Waals surface area contributed by atoms with Crippen LogP contribution in [0.15, 0.2) is 0 Å². The highest BCUT2D eigenvalue weighted by atomic mass is 16.6. The number of amides is 3. The van der Waals surface area contributed by atoms with Crippen LogP contribution < -0.4 is 16.0 Å². The molecule has 0 radical (unpaired) electrons. The van der Waals surface area contributed by atoms with Crippen molar-refractivity contribution in [2.24, 2.45) is 11.8 Å². The third kappa shape index (κ3) is 8.58. The first kappa shape index (κ1) is 23.7. The summed E-state index contributed by atoms with van der Waals surface area (Å²) in [4.78, 5) is 46.8. The Labute approximate surface area is 166 Å². The van der Waals surface area contributed by atoms with E-state index in [4.69, 9.17) is 9.84 Å². The molecule has 0 saturated heterocycles. The third-order valence-electron chi connectivity index (χ3n) is 4.64. The van der Waals surface area contributed by atoms with Crippen molar-refractivity contribution in [2.75, 3.05) is 6.54 Å². The van der Waals surface area contributed by atoms with E-state index in [-0.39, 0.29) is 23.7 Å². The van der Waals surface area contributed by atoms with Crippen molar-refractivity contribution in [2.45, 2.75) is 78.0 Å². The van der Waals surface area contributed by atoms with Crippen LogP contribution in [0.4, 0.5) is 4.79 Å². The molecular formula is C19H33N3O6. The van der Waals surface area contributed by atoms with Gasteiger partial charge in [-0.15, -0.1) is 0 Å². The second-order valence-corrected chi connectivity index (χ2v) is 8.40. The minimum Gasteiger partial charge on any atom is -0.480 e. The van der Waals surface area contributed by atoms with Crippen molar-refractivity contribution in [3.8, 4) is 0 Å². The van der Waals surface area contributed by atoms with Gasteiger partial charge in [0.25, 0.3) is 0 Å². The van der Waals surface area contributed by atoms with Crippen LogP contribution in [0.2, 0.25) is 0 Å². The molecule has 1 fully saturated rings. The highest BCUT2D eigenvalue weighted by Crippen LogP contribution is 2.28. The van der Waals surface area contributed by atoms with E-state index in [1.54, 1.807) is 27.7 Å². The fourth-order valence-corrected chi connectivity index (χ4v) is 2.97. The molecule has 1 aliphatic rings. The molecule has 0 unspecified atom stereocenters. The van der Waals surface area contributed by atoms with Crippen LogP contribution in [0, 0.1) is 11.8 Å². The topological polar surface area (TPSA) is 134 Å². The number of alkyl carbamates (subject to hydrolysis) is 1. The zero-order valence-corrected chi connectivity index (χ0v) is 17.3. The molecule has 0 aromatic heterocycles. The molecule has 0 aliphatic heterocycles. The first-order valence-corrected chi connectivity index (χ1v) is 9.69. The van der Waals surface area contributed by atoms with Crippen LogP contribution in [0.3, 0.4) is 0 Å². The normalized spacial score (nSPS) is 21.8. The highest BCUT2D eigenvalue weighted by molar-refractivity contribution is 5.85. The molecule has 4 N–H and O–H groups in total. The summed E-state index contributed by atoms with van der Waals surface area (Å²) in [6, 6.07) is -1.61. The lowest BCUT2D eigenvalue weighted by Gasteiger charge is -2.28. The predicted molar refractivity (Wildman–Crippen MR) is 103 cm³/mol. The number of carboxylic acids is 1. The molecule has 2 atom stereocenters. The standard InChI is InChI=1S/C19H33N3O6/c1-11(22-18(27)28-19(3,4)5)15(23)20-10-13-6-8-14(9-7-13)16(24)21-12(2)17(25)26/h11-14H,6-10H2,1-5H3,(H,20,23)(H,21,24)(H,22,27)(H,25,26)/t11-,12+,13?,14?/m1/s1. The van der Waals surface area contributed by atoms with Crippen molar-refractivity contribution in [1.82, 2.24) is 16.0 Å². The first-order chi connectivity index (χ1) is 12.9. The molecule has 0 bridgehead atoms. The summed E-state index contributed by atoms with van der Waals surface area (Å²) >= 11 is 0. The number of carbonyl (C=O) groups is 4. The molecule has 0 heterocycles. The Morgan fingerprint density at radius 3 is 2.07 bits per heavy atom. The van der Waals surface area contributed by atoms with Crippen LogP contribution in [0.25, 0.3) is 0 Å². The van der Waals surface area contributed by atoms with Gasteiger partial charge in [-0.3, -0.25) is 14.4 Å². The molecule has 0 aromatic rings. The van der Waals surface area contributed by atoms with E-state index < -0.39 is 29.7 Å². The average Bonchev–Trinajstić information content (AvgIpc) is 2.57. The maximum absolute atomic E-state index is 12.1. The van der Waals surface area contributed by atoms with Gasteiger partial charge in [0.05, 0.1) is 0 Å². The number of ether oxygens (including phenoxy) is 1. The molecule has 9 heteroatoms. The molecule has 28 heavy (non-hydrogen) atoms. The number of hydrogen-bond acceptors (Lipinski definition) is 5. The Morgan fingerprint density at radius 1 is 1.00 bits per heavy atom. The van der Waals surface area contributed by atoms with E-state index in [1.807, 2.05) is 0 Å². The molecule has 1 rings (SSSR count). The molecule has 9 nitrogen and oxygen atoms in total. The SMILES string of the molecule is C[C@H](NC(=O)C1CCC(CNC(=O)[C@@H](C)NC(=O)OC(C)(C)C)CC1)C(=O)O. The highest BCUT2D eigenvalue weighted by Gasteiger charge is 2.28. The summed E-state index contributed by atoms with van der Waals surface area (Å²) in [6.07, 6.45) is 2.22. The summed E-state index contributed by atoms with van der Waals surface area (Å²) in [5, 5.41) is 16.7. The number of carboxylic acid groups (broad SMARTS) is 1. The van der Waals surface area contributed by atoms with Gasteiger partial charge in [-0.1, -0.05) is 0 Å². The minimum absolute atomic E-state index is 0.193. The van der Waals surface area contributed by atoms with Crippen LogP contribution in [0.5, 0.6) is 0 Å². The fraction of sp³-hybridized carbons (Fsp3) is 0.789. The molecule has 3 amide bonds. The summed E-state index contributed by atoms with van der Waals surface area (Å²) in [5.41, 5.74) is -0.631. The number of rotatable bonds is 7. The van der Waals surface area contributed by atoms with Gasteiger partial charge >= 0.3 is 12.1 Å². The lowest BCUT2D eigenvalue weighted by molar-refractivity contribution is -0.142. The predicted octanol–water partition coefficient (Wildman–Crippen LogP) is 1.41. The largest absolute Gasteiger partial charge is 0.480 e. The summed E-state index contributed by atoms with van der Waals surface area (Å²) in [7, 11) is 0. The van der Waals surface area contributed by atoms with Crippen LogP contribution >= 0.6 is 0 Å². The van der Waals surface area contributed by atoms with Gasteiger partial charge in [0.2, 0.25) is 11.8 Å². The smallest absolute Gasteiger partial charge is 0.408 e. The lowest BCUT2D eigenvalue weighted by Crippen LogP contribution is -2.47. The van der Waals surface area contributed by atoms with E-state index in [2.05, 4.69) is 16.0 Å². The molecule has 0 aromatic carbocycles. The van der Waals surface area contributed by atoms with E-state index in [9.17, 15) is 19.2 Å². The number of hydrogen-bond donors (Lipinski definition) is 4. The summed E-state index contributed by atoms with van der Waals surface area (Å²) < 4.78 is 5.12. The maximum Gasteiger partial charge on any atom is 0.408 e. The Hall–Kier alpha value is -2.32. The molecular weight excluding hydrogens is 366 g/mol. The second kappa shape index (κ2) is 10.3. The van der Waals surface area contributed by atoms with Crippen molar-refractivity contribution < 1.29 is 29.0 Å². The molecule has 1 aliphatic carbocycles. The van der Waals surface area contributed by atoms with Gasteiger partial charge in [0, 0.05) is 12.5 Å². The van der Waals surface area contributed by atoms with Gasteiger partial charge in [-0.25, -0.2) is 4.79 Å². The Morgan fingerprint density at radius 2 is 1.57 bits per heavy atom. The van der Waals surface area contributed by atoms with Crippen molar-refractivity contribution in [3.05, 3.63) is 0 Å².